The highest BCUT2D eigenvalue weighted by Crippen LogP contribution is 2.30. The molecule has 0 spiro atoms. The molecular weight excluding hydrogens is 293 g/mol. The Morgan fingerprint density at radius 1 is 1.26 bits per heavy atom. The lowest BCUT2D eigenvalue weighted by Gasteiger charge is -2.14. The van der Waals surface area contributed by atoms with Gasteiger partial charge in [0.1, 0.15) is 6.10 Å². The number of benzene rings is 1. The van der Waals surface area contributed by atoms with E-state index in [1.165, 1.54) is 25.3 Å². The maximum absolute atomic E-state index is 12.2. The minimum Gasteiger partial charge on any atom is -0.433 e. The second kappa shape index (κ2) is 5.36. The van der Waals surface area contributed by atoms with Gasteiger partial charge in [-0.2, -0.15) is 0 Å². The fraction of sp³-hybridized carbons (Fsp3) is 0.333. The number of halogens is 2. The molecule has 5 nitrogen and oxygen atoms in total. The quantitative estimate of drug-likeness (QED) is 0.861. The molecule has 1 saturated heterocycles. The third-order valence-corrected chi connectivity index (χ3v) is 3.21. The first-order chi connectivity index (χ1) is 8.93. The highest BCUT2D eigenvalue weighted by atomic mass is 35.5. The molecule has 1 fully saturated rings. The first-order valence-electron chi connectivity index (χ1n) is 5.47. The van der Waals surface area contributed by atoms with Crippen LogP contribution in [-0.2, 0) is 14.3 Å². The molecule has 102 valence electrons. The zero-order valence-electron chi connectivity index (χ0n) is 10.2. The molecule has 2 atom stereocenters. The minimum atomic E-state index is -0.963. The molecule has 0 bridgehead atoms. The number of carbonyl (C=O) groups is 2. The van der Waals surface area contributed by atoms with E-state index in [4.69, 9.17) is 32.7 Å². The number of carbonyl (C=O) groups excluding carboxylic acids is 2. The van der Waals surface area contributed by atoms with E-state index in [1.54, 1.807) is 6.92 Å². The van der Waals surface area contributed by atoms with Crippen molar-refractivity contribution in [2.24, 2.45) is 0 Å². The fourth-order valence-corrected chi connectivity index (χ4v) is 2.26. The van der Waals surface area contributed by atoms with Crippen LogP contribution in [-0.4, -0.2) is 31.3 Å². The summed E-state index contributed by atoms with van der Waals surface area (Å²) in [5.41, 5.74) is 0.276. The largest absolute Gasteiger partial charge is 0.433 e. The number of amides is 2. The van der Waals surface area contributed by atoms with Crippen molar-refractivity contribution in [2.75, 3.05) is 12.0 Å². The van der Waals surface area contributed by atoms with Gasteiger partial charge in [-0.15, -0.1) is 0 Å². The third-order valence-electron chi connectivity index (χ3n) is 2.78. The van der Waals surface area contributed by atoms with Gasteiger partial charge in [0.2, 0.25) is 6.10 Å². The van der Waals surface area contributed by atoms with Crippen molar-refractivity contribution >= 4 is 40.9 Å². The Kier molecular flexibility index (Phi) is 3.99. The summed E-state index contributed by atoms with van der Waals surface area (Å²) >= 11 is 11.7. The van der Waals surface area contributed by atoms with Crippen molar-refractivity contribution in [2.45, 2.75) is 19.1 Å². The zero-order chi connectivity index (χ0) is 14.2. The number of imide groups is 1. The van der Waals surface area contributed by atoms with Gasteiger partial charge in [-0.05, 0) is 25.1 Å². The summed E-state index contributed by atoms with van der Waals surface area (Å²) in [4.78, 5) is 24.8. The molecule has 1 aliphatic rings. The molecule has 2 amide bonds. The first-order valence-corrected chi connectivity index (χ1v) is 6.23. The van der Waals surface area contributed by atoms with Gasteiger partial charge in [-0.3, -0.25) is 4.79 Å². The fourth-order valence-electron chi connectivity index (χ4n) is 1.75. The van der Waals surface area contributed by atoms with Crippen molar-refractivity contribution in [3.05, 3.63) is 28.2 Å². The Balaban J connectivity index is 2.35. The number of nitrogens with zero attached hydrogens (tertiary/aromatic N) is 1. The molecule has 0 saturated carbocycles. The van der Waals surface area contributed by atoms with Crippen LogP contribution >= 0.6 is 23.2 Å². The summed E-state index contributed by atoms with van der Waals surface area (Å²) in [6.45, 7) is 1.64. The van der Waals surface area contributed by atoms with Crippen LogP contribution in [0.4, 0.5) is 10.5 Å². The molecule has 0 radical (unpaired) electrons. The Morgan fingerprint density at radius 2 is 1.84 bits per heavy atom. The van der Waals surface area contributed by atoms with Crippen LogP contribution in [0.5, 0.6) is 0 Å². The van der Waals surface area contributed by atoms with Crippen molar-refractivity contribution in [1.82, 2.24) is 0 Å². The zero-order valence-corrected chi connectivity index (χ0v) is 11.7. The van der Waals surface area contributed by atoms with Crippen LogP contribution in [0.1, 0.15) is 6.92 Å². The third kappa shape index (κ3) is 2.68. The molecule has 1 aromatic rings. The van der Waals surface area contributed by atoms with E-state index in [0.717, 1.165) is 4.90 Å². The van der Waals surface area contributed by atoms with E-state index in [1.807, 2.05) is 0 Å². The Hall–Kier alpha value is -1.30. The van der Waals surface area contributed by atoms with Crippen molar-refractivity contribution in [3.63, 3.8) is 0 Å². The van der Waals surface area contributed by atoms with Crippen LogP contribution in [0.3, 0.4) is 0 Å². The predicted octanol–water partition coefficient (Wildman–Crippen LogP) is 2.88. The van der Waals surface area contributed by atoms with E-state index in [9.17, 15) is 9.59 Å². The molecule has 0 N–H and O–H groups in total. The second-order valence-electron chi connectivity index (χ2n) is 4.05. The van der Waals surface area contributed by atoms with Crippen molar-refractivity contribution in [3.8, 4) is 0 Å². The van der Waals surface area contributed by atoms with Gasteiger partial charge in [-0.1, -0.05) is 23.2 Å². The lowest BCUT2D eigenvalue weighted by molar-refractivity contribution is -0.127. The molecule has 1 aliphatic heterocycles. The van der Waals surface area contributed by atoms with Crippen molar-refractivity contribution in [1.29, 1.82) is 0 Å². The number of hydrogen-bond acceptors (Lipinski definition) is 4. The van der Waals surface area contributed by atoms with Crippen LogP contribution in [0.25, 0.3) is 0 Å². The van der Waals surface area contributed by atoms with Crippen molar-refractivity contribution < 1.29 is 19.1 Å². The number of hydrogen-bond donors (Lipinski definition) is 0. The van der Waals surface area contributed by atoms with Gasteiger partial charge < -0.3 is 9.47 Å². The first kappa shape index (κ1) is 14.1. The number of methoxy groups -OCH3 is 1. The summed E-state index contributed by atoms with van der Waals surface area (Å²) in [5.74, 6) is -0.502. The summed E-state index contributed by atoms with van der Waals surface area (Å²) in [6.07, 6.45) is -2.26. The smallest absolute Gasteiger partial charge is 0.422 e. The summed E-state index contributed by atoms with van der Waals surface area (Å²) in [5, 5.41) is 0.651. The molecule has 1 aromatic carbocycles. The number of cyclic esters (lactones) is 1. The van der Waals surface area contributed by atoms with Crippen LogP contribution < -0.4 is 4.90 Å². The Bertz CT molecular complexity index is 514. The van der Waals surface area contributed by atoms with E-state index in [-0.39, 0.29) is 5.69 Å². The Labute approximate surface area is 120 Å². The molecule has 19 heavy (non-hydrogen) atoms. The molecule has 0 aromatic heterocycles. The maximum atomic E-state index is 12.2. The number of anilines is 1. The molecule has 2 rings (SSSR count). The van der Waals surface area contributed by atoms with Gasteiger partial charge in [0.05, 0.1) is 5.69 Å². The molecule has 7 heteroatoms. The monoisotopic (exact) mass is 303 g/mol. The average molecular weight is 304 g/mol. The molecule has 2 unspecified atom stereocenters. The van der Waals surface area contributed by atoms with Crippen LogP contribution in [0.2, 0.25) is 10.0 Å². The highest BCUT2D eigenvalue weighted by Gasteiger charge is 2.44. The van der Waals surface area contributed by atoms with E-state index >= 15 is 0 Å². The van der Waals surface area contributed by atoms with Gasteiger partial charge in [-0.25, -0.2) is 9.69 Å². The maximum Gasteiger partial charge on any atom is 0.422 e. The lowest BCUT2D eigenvalue weighted by atomic mass is 10.2. The van der Waals surface area contributed by atoms with Gasteiger partial charge in [0.15, 0.2) is 0 Å². The lowest BCUT2D eigenvalue weighted by Crippen LogP contribution is -2.36. The van der Waals surface area contributed by atoms with E-state index in [2.05, 4.69) is 0 Å². The highest BCUT2D eigenvalue weighted by molar-refractivity contribution is 6.35. The van der Waals surface area contributed by atoms with Gasteiger partial charge in [0, 0.05) is 17.2 Å². The van der Waals surface area contributed by atoms with E-state index < -0.39 is 24.2 Å². The average Bonchev–Trinajstić information content (AvgIpc) is 2.62. The van der Waals surface area contributed by atoms with Gasteiger partial charge >= 0.3 is 6.09 Å². The molecule has 0 aliphatic carbocycles. The van der Waals surface area contributed by atoms with Crippen LogP contribution in [0, 0.1) is 0 Å². The minimum absolute atomic E-state index is 0.276. The predicted molar refractivity (Wildman–Crippen MR) is 70.7 cm³/mol. The SMILES string of the molecule is COC(C)C1OC(=O)N(c2cc(Cl)cc(Cl)c2)C1=O. The molecular formula is C12H11Cl2NO4. The topological polar surface area (TPSA) is 55.8 Å². The molecule has 1 heterocycles. The van der Waals surface area contributed by atoms with Gasteiger partial charge in [0.25, 0.3) is 5.91 Å². The van der Waals surface area contributed by atoms with E-state index in [0.29, 0.717) is 10.0 Å². The standard InChI is InChI=1S/C12H11Cl2NO4/c1-6(18-2)10-11(16)15(12(17)19-10)9-4-7(13)3-8(14)5-9/h3-6,10H,1-2H3. The summed E-state index contributed by atoms with van der Waals surface area (Å²) in [6, 6.07) is 4.44. The van der Waals surface area contributed by atoms with Crippen LogP contribution in [0.15, 0.2) is 18.2 Å². The normalized spacial score (nSPS) is 20.6. The second-order valence-corrected chi connectivity index (χ2v) is 4.92. The number of ether oxygens (including phenoxy) is 2. The number of rotatable bonds is 3. The summed E-state index contributed by atoms with van der Waals surface area (Å²) < 4.78 is 10.0. The summed E-state index contributed by atoms with van der Waals surface area (Å²) in [7, 11) is 1.44. The Morgan fingerprint density at radius 3 is 2.37 bits per heavy atom.